The number of carbonyl (C=O) groups is 1. The summed E-state index contributed by atoms with van der Waals surface area (Å²) in [6.45, 7) is 2.32. The normalized spacial score (nSPS) is 10.0. The number of benzene rings is 2. The Labute approximate surface area is 142 Å². The molecule has 0 heterocycles. The van der Waals surface area contributed by atoms with Gasteiger partial charge in [-0.25, -0.2) is 0 Å². The minimum absolute atomic E-state index is 0.00353. The van der Waals surface area contributed by atoms with Gasteiger partial charge < -0.3 is 15.5 Å². The highest BCUT2D eigenvalue weighted by molar-refractivity contribution is 7.80. The maximum Gasteiger partial charge on any atom is 0.223 e. The maximum atomic E-state index is 11.3. The number of nitrogens with zero attached hydrogens (tertiary/aromatic N) is 1. The van der Waals surface area contributed by atoms with Crippen LogP contribution in [-0.4, -0.2) is 24.6 Å². The molecule has 0 aliphatic rings. The van der Waals surface area contributed by atoms with E-state index in [1.807, 2.05) is 42.5 Å². The molecule has 0 saturated heterocycles. The summed E-state index contributed by atoms with van der Waals surface area (Å²) in [7, 11) is 1.75. The van der Waals surface area contributed by atoms with Gasteiger partial charge >= 0.3 is 0 Å². The summed E-state index contributed by atoms with van der Waals surface area (Å²) < 4.78 is 0. The van der Waals surface area contributed by atoms with Gasteiger partial charge in [0.1, 0.15) is 0 Å². The fraction of sp³-hybridized carbons (Fsp3) is 0.222. The maximum absolute atomic E-state index is 11.3. The third-order valence-corrected chi connectivity index (χ3v) is 3.77. The Bertz CT molecular complexity index is 656. The van der Waals surface area contributed by atoms with E-state index in [0.29, 0.717) is 5.11 Å². The zero-order chi connectivity index (χ0) is 16.7. The number of hydrogen-bond donors (Lipinski definition) is 2. The predicted octanol–water partition coefficient (Wildman–Crippen LogP) is 3.20. The molecule has 2 aromatic carbocycles. The third kappa shape index (κ3) is 5.38. The second-order valence-corrected chi connectivity index (χ2v) is 5.65. The average Bonchev–Trinajstić information content (AvgIpc) is 2.56. The van der Waals surface area contributed by atoms with Crippen LogP contribution in [-0.2, 0) is 11.2 Å². The number of nitrogens with one attached hydrogen (secondary N) is 2. The van der Waals surface area contributed by atoms with Crippen molar-refractivity contribution in [3.05, 3.63) is 60.2 Å². The molecule has 0 unspecified atom stereocenters. The van der Waals surface area contributed by atoms with Gasteiger partial charge in [-0.2, -0.15) is 0 Å². The van der Waals surface area contributed by atoms with Crippen LogP contribution in [0.2, 0.25) is 0 Å². The first-order chi connectivity index (χ1) is 11.1. The lowest BCUT2D eigenvalue weighted by Crippen LogP contribution is -2.30. The van der Waals surface area contributed by atoms with Crippen LogP contribution in [0.25, 0.3) is 0 Å². The highest BCUT2D eigenvalue weighted by Gasteiger charge is 2.05. The first kappa shape index (κ1) is 17.0. The Balaban J connectivity index is 1.80. The molecule has 2 rings (SSSR count). The molecule has 0 fully saturated rings. The van der Waals surface area contributed by atoms with Crippen LogP contribution in [0, 0.1) is 0 Å². The number of anilines is 2. The number of amides is 1. The molecule has 23 heavy (non-hydrogen) atoms. The summed E-state index contributed by atoms with van der Waals surface area (Å²) in [5, 5.41) is 6.92. The van der Waals surface area contributed by atoms with Gasteiger partial charge in [0.2, 0.25) is 5.91 Å². The average molecular weight is 327 g/mol. The molecule has 120 valence electrons. The van der Waals surface area contributed by atoms with Crippen LogP contribution < -0.4 is 15.5 Å². The first-order valence-corrected chi connectivity index (χ1v) is 7.90. The number of carbonyl (C=O) groups excluding carboxylic acids is 1. The third-order valence-electron chi connectivity index (χ3n) is 3.53. The molecule has 0 aromatic heterocycles. The Morgan fingerprint density at radius 2 is 1.74 bits per heavy atom. The minimum atomic E-state index is 0.00353. The van der Waals surface area contributed by atoms with Gasteiger partial charge in [-0.3, -0.25) is 4.79 Å². The van der Waals surface area contributed by atoms with Crippen molar-refractivity contribution in [1.82, 2.24) is 5.32 Å². The summed E-state index contributed by atoms with van der Waals surface area (Å²) in [6, 6.07) is 17.9. The molecule has 2 aromatic rings. The van der Waals surface area contributed by atoms with Gasteiger partial charge in [-0.05, 0) is 48.5 Å². The molecule has 0 aliphatic heterocycles. The second kappa shape index (κ2) is 8.29. The lowest BCUT2D eigenvalue weighted by atomic mass is 10.1. The Kier molecular flexibility index (Phi) is 6.11. The predicted molar refractivity (Wildman–Crippen MR) is 99.9 cm³/mol. The lowest BCUT2D eigenvalue weighted by Gasteiger charge is -2.16. The van der Waals surface area contributed by atoms with Crippen LogP contribution in [0.4, 0.5) is 11.4 Å². The molecule has 0 atom stereocenters. The van der Waals surface area contributed by atoms with Gasteiger partial charge in [0, 0.05) is 31.9 Å². The van der Waals surface area contributed by atoms with E-state index in [9.17, 15) is 4.79 Å². The molecule has 2 N–H and O–H groups in total. The van der Waals surface area contributed by atoms with Gasteiger partial charge in [0.15, 0.2) is 5.11 Å². The van der Waals surface area contributed by atoms with Gasteiger partial charge in [0.05, 0.1) is 0 Å². The van der Waals surface area contributed by atoms with Crippen LogP contribution in [0.1, 0.15) is 12.5 Å². The Morgan fingerprint density at radius 1 is 1.09 bits per heavy atom. The van der Waals surface area contributed by atoms with Crippen LogP contribution in [0.5, 0.6) is 0 Å². The van der Waals surface area contributed by atoms with Gasteiger partial charge in [0.25, 0.3) is 0 Å². The topological polar surface area (TPSA) is 44.4 Å². The van der Waals surface area contributed by atoms with E-state index >= 15 is 0 Å². The number of hydrogen-bond acceptors (Lipinski definition) is 2. The van der Waals surface area contributed by atoms with Crippen molar-refractivity contribution in [3.63, 3.8) is 0 Å². The zero-order valence-electron chi connectivity index (χ0n) is 13.4. The smallest absolute Gasteiger partial charge is 0.223 e. The Morgan fingerprint density at radius 3 is 2.35 bits per heavy atom. The molecule has 0 saturated carbocycles. The number of rotatable bonds is 5. The molecule has 5 heteroatoms. The van der Waals surface area contributed by atoms with Crippen LogP contribution >= 0.6 is 12.2 Å². The summed E-state index contributed by atoms with van der Waals surface area (Å²) >= 11 is 5.29. The highest BCUT2D eigenvalue weighted by atomic mass is 32.1. The standard InChI is InChI=1S/C18H21N3OS/c1-14(22)21(2)17-10-8-16(9-11-17)20-18(23)19-13-12-15-6-4-3-5-7-15/h3-11H,12-13H2,1-2H3,(H2,19,20,23). The van der Waals surface area contributed by atoms with Crippen molar-refractivity contribution in [2.24, 2.45) is 0 Å². The van der Waals surface area contributed by atoms with Gasteiger partial charge in [-0.1, -0.05) is 30.3 Å². The van der Waals surface area contributed by atoms with Crippen molar-refractivity contribution in [3.8, 4) is 0 Å². The molecule has 4 nitrogen and oxygen atoms in total. The van der Waals surface area contributed by atoms with E-state index in [2.05, 4.69) is 22.8 Å². The van der Waals surface area contributed by atoms with Crippen molar-refractivity contribution in [2.45, 2.75) is 13.3 Å². The molecule has 0 bridgehead atoms. The summed E-state index contributed by atoms with van der Waals surface area (Å²) in [5.41, 5.74) is 3.02. The van der Waals surface area contributed by atoms with Crippen molar-refractivity contribution >= 4 is 34.6 Å². The van der Waals surface area contributed by atoms with E-state index in [-0.39, 0.29) is 5.91 Å². The summed E-state index contributed by atoms with van der Waals surface area (Å²) in [5.74, 6) is 0.00353. The largest absolute Gasteiger partial charge is 0.362 e. The van der Waals surface area contributed by atoms with Crippen LogP contribution in [0.15, 0.2) is 54.6 Å². The van der Waals surface area contributed by atoms with Gasteiger partial charge in [-0.15, -0.1) is 0 Å². The van der Waals surface area contributed by atoms with E-state index in [0.717, 1.165) is 24.3 Å². The SMILES string of the molecule is CC(=O)N(C)c1ccc(NC(=S)NCCc2ccccc2)cc1. The van der Waals surface area contributed by atoms with Crippen molar-refractivity contribution < 1.29 is 4.79 Å². The molecule has 0 spiro atoms. The van der Waals surface area contributed by atoms with Crippen molar-refractivity contribution in [1.29, 1.82) is 0 Å². The molecule has 0 radical (unpaired) electrons. The van der Waals surface area contributed by atoms with E-state index in [1.165, 1.54) is 12.5 Å². The fourth-order valence-corrected chi connectivity index (χ4v) is 2.31. The van der Waals surface area contributed by atoms with E-state index in [4.69, 9.17) is 12.2 Å². The summed E-state index contributed by atoms with van der Waals surface area (Å²) in [6.07, 6.45) is 0.922. The fourth-order valence-electron chi connectivity index (χ4n) is 2.09. The van der Waals surface area contributed by atoms with Crippen molar-refractivity contribution in [2.75, 3.05) is 23.8 Å². The second-order valence-electron chi connectivity index (χ2n) is 5.24. The quantitative estimate of drug-likeness (QED) is 0.828. The lowest BCUT2D eigenvalue weighted by molar-refractivity contribution is -0.116. The number of thiocarbonyl (C=S) groups is 1. The van der Waals surface area contributed by atoms with E-state index < -0.39 is 0 Å². The molecule has 1 amide bonds. The Hall–Kier alpha value is -2.40. The molecular formula is C18H21N3OS. The minimum Gasteiger partial charge on any atom is -0.362 e. The summed E-state index contributed by atoms with van der Waals surface area (Å²) in [4.78, 5) is 12.9. The first-order valence-electron chi connectivity index (χ1n) is 7.49. The van der Waals surface area contributed by atoms with Crippen LogP contribution in [0.3, 0.4) is 0 Å². The monoisotopic (exact) mass is 327 g/mol. The highest BCUT2D eigenvalue weighted by Crippen LogP contribution is 2.16. The van der Waals surface area contributed by atoms with E-state index in [1.54, 1.807) is 11.9 Å². The zero-order valence-corrected chi connectivity index (χ0v) is 14.2. The molecule has 0 aliphatic carbocycles. The molecular weight excluding hydrogens is 306 g/mol.